The lowest BCUT2D eigenvalue weighted by atomic mass is 9.96. The molecule has 1 unspecified atom stereocenters. The van der Waals surface area contributed by atoms with Crippen molar-refractivity contribution >= 4 is 37.2 Å². The highest BCUT2D eigenvalue weighted by molar-refractivity contribution is 7.91. The molecule has 0 saturated carbocycles. The maximum atomic E-state index is 15.5. The average Bonchev–Trinajstić information content (AvgIpc) is 3.23. The first-order valence-electron chi connectivity index (χ1n) is 21.7. The number of halogens is 1. The molecule has 1 atom stereocenters. The molecule has 3 aliphatic rings. The second-order valence-electron chi connectivity index (χ2n) is 16.3. The standard InChI is InChI=1S/C44H66FN5O5S2/c1-3-4-5-6-7-8-9-10-11-12-31-55-42-16-14-38(33-40(42)45)57(53,54)43-34-46-41-15-13-37(56(2)52)32-39(41)44(43)50-23-19-35(20-24-50)48-21-17-36(18-22-48)49-27-25-47(26-28-49)29-30-51/h13-16,32-36,51H,3-12,17-31H2,1-2H3. The van der Waals surface area contributed by atoms with Gasteiger partial charge in [0.1, 0.15) is 4.90 Å². The SMILES string of the molecule is CCCCCCCCCCCCOc1ccc(S(=O)(=O)c2cnc3ccc(S(C)=O)cc3c2N2CCC(N3CCC(N4CCN(CCO)CC4)CC3)CC2)cc1F. The van der Waals surface area contributed by atoms with Crippen LogP contribution >= 0.6 is 0 Å². The molecule has 57 heavy (non-hydrogen) atoms. The summed E-state index contributed by atoms with van der Waals surface area (Å²) in [6.45, 7) is 11.2. The number of aromatic nitrogens is 1. The maximum Gasteiger partial charge on any atom is 0.210 e. The van der Waals surface area contributed by atoms with Crippen LogP contribution in [0, 0.1) is 5.82 Å². The van der Waals surface area contributed by atoms with Gasteiger partial charge in [-0.3, -0.25) is 19.0 Å². The number of nitrogens with zero attached hydrogens (tertiary/aromatic N) is 5. The number of hydrogen-bond acceptors (Lipinski definition) is 10. The van der Waals surface area contributed by atoms with Crippen LogP contribution in [0.2, 0.25) is 0 Å². The van der Waals surface area contributed by atoms with Crippen molar-refractivity contribution in [2.24, 2.45) is 0 Å². The molecule has 316 valence electrons. The fourth-order valence-electron chi connectivity index (χ4n) is 9.07. The number of anilines is 1. The van der Waals surface area contributed by atoms with Crippen LogP contribution in [0.4, 0.5) is 10.1 Å². The number of piperidine rings is 2. The van der Waals surface area contributed by atoms with Gasteiger partial charge in [0.05, 0.1) is 29.3 Å². The van der Waals surface area contributed by atoms with Gasteiger partial charge < -0.3 is 19.6 Å². The first-order valence-corrected chi connectivity index (χ1v) is 24.7. The van der Waals surface area contributed by atoms with E-state index in [0.29, 0.717) is 53.3 Å². The number of fused-ring (bicyclic) bond motifs is 1. The van der Waals surface area contributed by atoms with Crippen LogP contribution in [0.15, 0.2) is 57.3 Å². The minimum Gasteiger partial charge on any atom is -0.491 e. The molecular weight excluding hydrogens is 762 g/mol. The monoisotopic (exact) mass is 827 g/mol. The molecule has 4 heterocycles. The molecule has 1 N–H and O–H groups in total. The predicted molar refractivity (Wildman–Crippen MR) is 228 cm³/mol. The third-order valence-electron chi connectivity index (χ3n) is 12.5. The Hall–Kier alpha value is -2.68. The Morgan fingerprint density at radius 1 is 0.807 bits per heavy atom. The van der Waals surface area contributed by atoms with Crippen LogP contribution in [-0.4, -0.2) is 128 Å². The molecule has 0 radical (unpaired) electrons. The first kappa shape index (κ1) is 43.9. The number of sulfone groups is 1. The molecule has 2 aromatic carbocycles. The predicted octanol–water partition coefficient (Wildman–Crippen LogP) is 7.29. The third-order valence-corrected chi connectivity index (χ3v) is 15.2. The molecule has 0 aliphatic carbocycles. The van der Waals surface area contributed by atoms with Crippen LogP contribution in [0.25, 0.3) is 10.9 Å². The fraction of sp³-hybridized carbons (Fsp3) is 0.659. The Bertz CT molecular complexity index is 1860. The maximum absolute atomic E-state index is 15.5. The molecule has 0 bridgehead atoms. The number of likely N-dealkylation sites (tertiary alicyclic amines) is 1. The molecule has 13 heteroatoms. The summed E-state index contributed by atoms with van der Waals surface area (Å²) in [6.07, 6.45) is 19.1. The van der Waals surface area contributed by atoms with Crippen molar-refractivity contribution in [1.82, 2.24) is 19.7 Å². The molecular formula is C44H66FN5O5S2. The summed E-state index contributed by atoms with van der Waals surface area (Å²) in [4.78, 5) is 14.8. The molecule has 0 spiro atoms. The topological polar surface area (TPSA) is 107 Å². The summed E-state index contributed by atoms with van der Waals surface area (Å²) in [6, 6.07) is 10.3. The van der Waals surface area contributed by atoms with Gasteiger partial charge in [-0.15, -0.1) is 0 Å². The molecule has 6 rings (SSSR count). The smallest absolute Gasteiger partial charge is 0.210 e. The third kappa shape index (κ3) is 11.5. The van der Waals surface area contributed by atoms with Crippen LogP contribution in [0.3, 0.4) is 0 Å². The number of unbranched alkanes of at least 4 members (excludes halogenated alkanes) is 9. The second kappa shape index (κ2) is 21.5. The van der Waals surface area contributed by atoms with E-state index in [4.69, 9.17) is 4.74 Å². The number of aliphatic hydroxyl groups excluding tert-OH is 1. The van der Waals surface area contributed by atoms with E-state index in [9.17, 15) is 17.7 Å². The Labute approximate surface area is 343 Å². The highest BCUT2D eigenvalue weighted by Crippen LogP contribution is 2.39. The van der Waals surface area contributed by atoms with Crippen molar-refractivity contribution in [2.75, 3.05) is 83.3 Å². The number of ether oxygens (including phenoxy) is 1. The van der Waals surface area contributed by atoms with Crippen LogP contribution in [-0.2, 0) is 20.6 Å². The van der Waals surface area contributed by atoms with Crippen molar-refractivity contribution in [3.63, 3.8) is 0 Å². The summed E-state index contributed by atoms with van der Waals surface area (Å²) in [5.41, 5.74) is 1.17. The van der Waals surface area contributed by atoms with Crippen molar-refractivity contribution in [2.45, 2.75) is 124 Å². The zero-order valence-corrected chi connectivity index (χ0v) is 36.0. The van der Waals surface area contributed by atoms with E-state index in [1.54, 1.807) is 24.5 Å². The van der Waals surface area contributed by atoms with Crippen molar-refractivity contribution in [3.8, 4) is 5.75 Å². The number of piperazine rings is 1. The highest BCUT2D eigenvalue weighted by atomic mass is 32.2. The lowest BCUT2D eigenvalue weighted by Crippen LogP contribution is -2.55. The van der Waals surface area contributed by atoms with Gasteiger partial charge in [-0.05, 0) is 81.6 Å². The van der Waals surface area contributed by atoms with E-state index >= 15 is 4.39 Å². The zero-order chi connectivity index (χ0) is 40.2. The summed E-state index contributed by atoms with van der Waals surface area (Å²) in [5.74, 6) is -0.640. The second-order valence-corrected chi connectivity index (χ2v) is 19.6. The van der Waals surface area contributed by atoms with Gasteiger partial charge in [0, 0.05) is 91.4 Å². The van der Waals surface area contributed by atoms with Gasteiger partial charge in [-0.2, -0.15) is 0 Å². The first-order chi connectivity index (χ1) is 27.7. The lowest BCUT2D eigenvalue weighted by Gasteiger charge is -2.46. The number of aliphatic hydroxyl groups is 1. The number of pyridine rings is 1. The molecule has 3 aliphatic heterocycles. The van der Waals surface area contributed by atoms with E-state index in [1.165, 1.54) is 63.3 Å². The molecule has 10 nitrogen and oxygen atoms in total. The molecule has 3 fully saturated rings. The minimum absolute atomic E-state index is 0.0332. The summed E-state index contributed by atoms with van der Waals surface area (Å²) in [5, 5.41) is 9.94. The Balaban J connectivity index is 1.10. The minimum atomic E-state index is -4.19. The van der Waals surface area contributed by atoms with Crippen LogP contribution in [0.5, 0.6) is 5.75 Å². The van der Waals surface area contributed by atoms with Gasteiger partial charge in [0.2, 0.25) is 9.84 Å². The van der Waals surface area contributed by atoms with E-state index in [1.807, 2.05) is 0 Å². The van der Waals surface area contributed by atoms with Crippen LogP contribution in [0.1, 0.15) is 96.8 Å². The summed E-state index contributed by atoms with van der Waals surface area (Å²) >= 11 is 0. The van der Waals surface area contributed by atoms with Gasteiger partial charge in [-0.25, -0.2) is 12.8 Å². The van der Waals surface area contributed by atoms with E-state index in [-0.39, 0.29) is 22.1 Å². The number of benzene rings is 2. The highest BCUT2D eigenvalue weighted by Gasteiger charge is 2.34. The Kier molecular flexibility index (Phi) is 16.6. The zero-order valence-electron chi connectivity index (χ0n) is 34.4. The van der Waals surface area contributed by atoms with E-state index in [2.05, 4.69) is 31.5 Å². The van der Waals surface area contributed by atoms with E-state index in [0.717, 1.165) is 96.8 Å². The van der Waals surface area contributed by atoms with Crippen molar-refractivity contribution in [1.29, 1.82) is 0 Å². The molecule has 3 aromatic rings. The van der Waals surface area contributed by atoms with Gasteiger partial charge in [0.25, 0.3) is 0 Å². The molecule has 1 aromatic heterocycles. The van der Waals surface area contributed by atoms with Gasteiger partial charge in [0.15, 0.2) is 11.6 Å². The average molecular weight is 828 g/mol. The van der Waals surface area contributed by atoms with Gasteiger partial charge in [-0.1, -0.05) is 64.7 Å². The largest absolute Gasteiger partial charge is 0.491 e. The number of hydrogen-bond donors (Lipinski definition) is 1. The summed E-state index contributed by atoms with van der Waals surface area (Å²) in [7, 11) is -5.47. The van der Waals surface area contributed by atoms with Gasteiger partial charge >= 0.3 is 0 Å². The lowest BCUT2D eigenvalue weighted by molar-refractivity contribution is 0.0396. The molecule has 0 amide bonds. The quantitative estimate of drug-likeness (QED) is 0.117. The summed E-state index contributed by atoms with van der Waals surface area (Å²) < 4.78 is 62.7. The fourth-order valence-corrected chi connectivity index (χ4v) is 11.1. The number of rotatable bonds is 20. The van der Waals surface area contributed by atoms with Crippen LogP contribution < -0.4 is 9.64 Å². The normalized spacial score (nSPS) is 19.1. The van der Waals surface area contributed by atoms with Crippen molar-refractivity contribution in [3.05, 3.63) is 48.4 Å². The van der Waals surface area contributed by atoms with Crippen molar-refractivity contribution < 1.29 is 26.9 Å². The Morgan fingerprint density at radius 2 is 1.42 bits per heavy atom. The molecule has 3 saturated heterocycles. The Morgan fingerprint density at radius 3 is 2.04 bits per heavy atom. The van der Waals surface area contributed by atoms with E-state index < -0.39 is 26.5 Å². The number of β-amino-alcohol motifs (C(OH)–C–C–N with tert-alkyl or cyclic N) is 1.